The van der Waals surface area contributed by atoms with Gasteiger partial charge in [-0.2, -0.15) is 13.2 Å². The van der Waals surface area contributed by atoms with Crippen molar-refractivity contribution in [2.24, 2.45) is 5.41 Å². The van der Waals surface area contributed by atoms with Gasteiger partial charge in [0.1, 0.15) is 11.7 Å². The molecular formula is C16H15F3O. The van der Waals surface area contributed by atoms with Gasteiger partial charge in [0.2, 0.25) is 0 Å². The molecule has 0 fully saturated rings. The molecule has 0 bridgehead atoms. The molecule has 1 nitrogen and oxygen atoms in total. The molecule has 1 aromatic rings. The van der Waals surface area contributed by atoms with Crippen molar-refractivity contribution >= 4 is 6.29 Å². The van der Waals surface area contributed by atoms with Crippen molar-refractivity contribution in [3.05, 3.63) is 60.2 Å². The molecule has 1 aromatic carbocycles. The Balaban J connectivity index is 2.24. The van der Waals surface area contributed by atoms with E-state index in [9.17, 15) is 18.0 Å². The van der Waals surface area contributed by atoms with Gasteiger partial charge in [-0.15, -0.1) is 0 Å². The number of benzene rings is 1. The highest BCUT2D eigenvalue weighted by Crippen LogP contribution is 2.47. The summed E-state index contributed by atoms with van der Waals surface area (Å²) in [6.45, 7) is 0. The average molecular weight is 280 g/mol. The summed E-state index contributed by atoms with van der Waals surface area (Å²) < 4.78 is 39.7. The summed E-state index contributed by atoms with van der Waals surface area (Å²) in [5.74, 6) is -0.150. The van der Waals surface area contributed by atoms with E-state index < -0.39 is 11.6 Å². The highest BCUT2D eigenvalue weighted by Gasteiger charge is 2.51. The second kappa shape index (κ2) is 5.65. The van der Waals surface area contributed by atoms with Crippen molar-refractivity contribution in [3.63, 3.8) is 0 Å². The van der Waals surface area contributed by atoms with Gasteiger partial charge in [0.15, 0.2) is 0 Å². The number of alkyl halides is 3. The highest BCUT2D eigenvalue weighted by molar-refractivity contribution is 5.50. The first kappa shape index (κ1) is 14.6. The van der Waals surface area contributed by atoms with E-state index in [0.717, 1.165) is 5.56 Å². The van der Waals surface area contributed by atoms with E-state index in [1.165, 1.54) is 12.2 Å². The fourth-order valence-corrected chi connectivity index (χ4v) is 2.36. The Morgan fingerprint density at radius 2 is 1.70 bits per heavy atom. The second-order valence-electron chi connectivity index (χ2n) is 4.90. The van der Waals surface area contributed by atoms with Crippen molar-refractivity contribution in [2.75, 3.05) is 0 Å². The fourth-order valence-electron chi connectivity index (χ4n) is 2.36. The average Bonchev–Trinajstić information content (AvgIpc) is 2.45. The number of carbonyl (C=O) groups excluding carboxylic acids is 1. The van der Waals surface area contributed by atoms with Crippen LogP contribution in [0.1, 0.15) is 24.3 Å². The van der Waals surface area contributed by atoms with Crippen LogP contribution in [0.2, 0.25) is 0 Å². The van der Waals surface area contributed by atoms with Crippen LogP contribution in [0.15, 0.2) is 54.6 Å². The number of hydrogen-bond acceptors (Lipinski definition) is 1. The molecule has 0 unspecified atom stereocenters. The van der Waals surface area contributed by atoms with Crippen LogP contribution in [0.25, 0.3) is 0 Å². The van der Waals surface area contributed by atoms with Crippen LogP contribution < -0.4 is 0 Å². The van der Waals surface area contributed by atoms with Crippen molar-refractivity contribution in [1.29, 1.82) is 0 Å². The summed E-state index contributed by atoms with van der Waals surface area (Å²) in [6, 6.07) is 9.34. The molecule has 0 saturated heterocycles. The lowest BCUT2D eigenvalue weighted by Gasteiger charge is -2.32. The van der Waals surface area contributed by atoms with Crippen molar-refractivity contribution < 1.29 is 18.0 Å². The molecule has 0 aromatic heterocycles. The maximum absolute atomic E-state index is 13.2. The number of hydrogen-bond donors (Lipinski definition) is 0. The summed E-state index contributed by atoms with van der Waals surface area (Å²) in [5, 5.41) is 0. The lowest BCUT2D eigenvalue weighted by Crippen LogP contribution is -2.35. The van der Waals surface area contributed by atoms with Crippen LogP contribution >= 0.6 is 0 Å². The molecule has 0 saturated carbocycles. The molecule has 1 aliphatic rings. The molecule has 20 heavy (non-hydrogen) atoms. The number of aldehydes is 1. The van der Waals surface area contributed by atoms with Gasteiger partial charge in [0.25, 0.3) is 0 Å². The van der Waals surface area contributed by atoms with E-state index in [1.807, 2.05) is 30.3 Å². The van der Waals surface area contributed by atoms with Crippen LogP contribution in [0.5, 0.6) is 0 Å². The third-order valence-corrected chi connectivity index (χ3v) is 3.59. The minimum Gasteiger partial charge on any atom is -0.303 e. The van der Waals surface area contributed by atoms with Crippen molar-refractivity contribution in [1.82, 2.24) is 0 Å². The van der Waals surface area contributed by atoms with Crippen LogP contribution in [-0.4, -0.2) is 12.5 Å². The van der Waals surface area contributed by atoms with Gasteiger partial charge < -0.3 is 4.79 Å². The molecule has 0 amide bonds. The molecule has 4 heteroatoms. The summed E-state index contributed by atoms with van der Waals surface area (Å²) in [5.41, 5.74) is -1.06. The molecule has 0 radical (unpaired) electrons. The minimum atomic E-state index is -4.38. The van der Waals surface area contributed by atoms with E-state index in [1.54, 1.807) is 12.2 Å². The smallest absolute Gasteiger partial charge is 0.303 e. The number of halogens is 3. The van der Waals surface area contributed by atoms with E-state index in [4.69, 9.17) is 0 Å². The van der Waals surface area contributed by atoms with Gasteiger partial charge in [0.05, 0.1) is 0 Å². The van der Waals surface area contributed by atoms with E-state index in [-0.39, 0.29) is 18.8 Å². The van der Waals surface area contributed by atoms with E-state index in [0.29, 0.717) is 6.29 Å². The molecule has 0 N–H and O–H groups in total. The zero-order chi connectivity index (χ0) is 14.6. The Kier molecular flexibility index (Phi) is 4.12. The van der Waals surface area contributed by atoms with Gasteiger partial charge in [-0.1, -0.05) is 54.6 Å². The van der Waals surface area contributed by atoms with Crippen LogP contribution in [-0.2, 0) is 4.79 Å². The van der Waals surface area contributed by atoms with Crippen LogP contribution in [0.3, 0.4) is 0 Å². The second-order valence-corrected chi connectivity index (χ2v) is 4.90. The highest BCUT2D eigenvalue weighted by atomic mass is 19.4. The topological polar surface area (TPSA) is 17.1 Å². The Morgan fingerprint density at radius 1 is 1.10 bits per heavy atom. The maximum Gasteiger partial charge on any atom is 0.401 e. The lowest BCUT2D eigenvalue weighted by atomic mass is 9.76. The fraction of sp³-hybridized carbons (Fsp3) is 0.312. The van der Waals surface area contributed by atoms with Crippen molar-refractivity contribution in [3.8, 4) is 0 Å². The first-order valence-electron chi connectivity index (χ1n) is 6.42. The molecule has 0 spiro atoms. The zero-order valence-electron chi connectivity index (χ0n) is 10.8. The van der Waals surface area contributed by atoms with Gasteiger partial charge in [-0.05, 0) is 12.0 Å². The number of rotatable bonds is 4. The maximum atomic E-state index is 13.2. The normalized spacial score (nSPS) is 25.6. The van der Waals surface area contributed by atoms with Crippen LogP contribution in [0, 0.1) is 5.41 Å². The monoisotopic (exact) mass is 280 g/mol. The molecule has 0 atom stereocenters. The summed E-state index contributed by atoms with van der Waals surface area (Å²) in [4.78, 5) is 10.4. The van der Waals surface area contributed by atoms with Gasteiger partial charge in [-0.25, -0.2) is 0 Å². The predicted molar refractivity (Wildman–Crippen MR) is 71.2 cm³/mol. The van der Waals surface area contributed by atoms with Crippen LogP contribution in [0.4, 0.5) is 13.2 Å². The molecule has 2 rings (SSSR count). The quantitative estimate of drug-likeness (QED) is 0.589. The zero-order valence-corrected chi connectivity index (χ0v) is 10.8. The predicted octanol–water partition coefficient (Wildman–Crippen LogP) is 4.42. The third-order valence-electron chi connectivity index (χ3n) is 3.59. The Hall–Kier alpha value is -1.84. The first-order valence-corrected chi connectivity index (χ1v) is 6.42. The molecule has 0 aliphatic heterocycles. The lowest BCUT2D eigenvalue weighted by molar-refractivity contribution is -0.191. The van der Waals surface area contributed by atoms with E-state index in [2.05, 4.69) is 0 Å². The standard InChI is InChI=1S/C16H15F3O/c17-16(18,19)15(9-4-12-20)10-7-14(8-11-15)13-5-2-1-3-6-13/h1-3,5-8,10-12,14H,4,9H2. The van der Waals surface area contributed by atoms with Gasteiger partial charge >= 0.3 is 6.18 Å². The van der Waals surface area contributed by atoms with Gasteiger partial charge in [0, 0.05) is 12.3 Å². The first-order chi connectivity index (χ1) is 9.48. The number of carbonyl (C=O) groups is 1. The summed E-state index contributed by atoms with van der Waals surface area (Å²) >= 11 is 0. The summed E-state index contributed by atoms with van der Waals surface area (Å²) in [7, 11) is 0. The molecule has 1 aliphatic carbocycles. The largest absolute Gasteiger partial charge is 0.401 e. The summed E-state index contributed by atoms with van der Waals surface area (Å²) in [6.07, 6.45) is 1.30. The van der Waals surface area contributed by atoms with Crippen molar-refractivity contribution in [2.45, 2.75) is 24.9 Å². The number of allylic oxidation sites excluding steroid dienone is 4. The minimum absolute atomic E-state index is 0.107. The third kappa shape index (κ3) is 2.84. The Bertz CT molecular complexity index is 500. The SMILES string of the molecule is O=CCCC1(C(F)(F)F)C=CC(c2ccccc2)C=C1. The van der Waals surface area contributed by atoms with E-state index >= 15 is 0 Å². The Morgan fingerprint density at radius 3 is 2.20 bits per heavy atom. The molecule has 0 heterocycles. The molecular weight excluding hydrogens is 265 g/mol. The Labute approximate surface area is 115 Å². The molecule has 106 valence electrons. The van der Waals surface area contributed by atoms with Gasteiger partial charge in [-0.3, -0.25) is 0 Å².